The Kier molecular flexibility index (Phi) is 6.08. The quantitative estimate of drug-likeness (QED) is 0.578. The third-order valence-electron chi connectivity index (χ3n) is 3.45. The molecule has 2 rings (SSSR count). The van der Waals surface area contributed by atoms with Gasteiger partial charge < -0.3 is 15.2 Å². The van der Waals surface area contributed by atoms with Crippen LogP contribution in [0.1, 0.15) is 18.5 Å². The molecule has 0 aliphatic carbocycles. The Morgan fingerprint density at radius 3 is 2.52 bits per heavy atom. The summed E-state index contributed by atoms with van der Waals surface area (Å²) < 4.78 is 5.37. The van der Waals surface area contributed by atoms with Gasteiger partial charge in [0, 0.05) is 18.7 Å². The van der Waals surface area contributed by atoms with Crippen LogP contribution in [-0.4, -0.2) is 29.3 Å². The van der Waals surface area contributed by atoms with Crippen molar-refractivity contribution in [2.75, 3.05) is 13.2 Å². The number of nitro groups is 1. The summed E-state index contributed by atoms with van der Waals surface area (Å²) in [6.07, 6.45) is -0.763. The van der Waals surface area contributed by atoms with Crippen molar-refractivity contribution in [2.45, 2.75) is 19.1 Å². The molecule has 23 heavy (non-hydrogen) atoms. The first kappa shape index (κ1) is 16.9. The molecule has 6 heteroatoms. The van der Waals surface area contributed by atoms with E-state index < -0.39 is 11.0 Å². The second-order valence-electron chi connectivity index (χ2n) is 5.23. The van der Waals surface area contributed by atoms with Gasteiger partial charge in [-0.1, -0.05) is 42.5 Å². The van der Waals surface area contributed by atoms with E-state index in [1.54, 1.807) is 12.1 Å². The Balaban J connectivity index is 1.82. The minimum atomic E-state index is -0.763. The highest BCUT2D eigenvalue weighted by Gasteiger charge is 2.15. The van der Waals surface area contributed by atoms with E-state index in [1.807, 2.05) is 37.3 Å². The predicted molar refractivity (Wildman–Crippen MR) is 87.5 cm³/mol. The van der Waals surface area contributed by atoms with Gasteiger partial charge in [0.1, 0.15) is 12.7 Å². The van der Waals surface area contributed by atoms with Gasteiger partial charge in [0.25, 0.3) is 0 Å². The fourth-order valence-electron chi connectivity index (χ4n) is 2.15. The number of rotatable bonds is 8. The van der Waals surface area contributed by atoms with Gasteiger partial charge >= 0.3 is 5.69 Å². The Morgan fingerprint density at radius 1 is 1.17 bits per heavy atom. The summed E-state index contributed by atoms with van der Waals surface area (Å²) in [7, 11) is 0. The summed E-state index contributed by atoms with van der Waals surface area (Å²) in [5.74, 6) is 0.160. The first-order chi connectivity index (χ1) is 11.1. The molecule has 2 atom stereocenters. The molecule has 2 N–H and O–H groups in total. The molecule has 0 saturated heterocycles. The second kappa shape index (κ2) is 8.26. The van der Waals surface area contributed by atoms with Crippen molar-refractivity contribution in [1.82, 2.24) is 5.32 Å². The highest BCUT2D eigenvalue weighted by molar-refractivity contribution is 5.45. The lowest BCUT2D eigenvalue weighted by Crippen LogP contribution is -2.33. The van der Waals surface area contributed by atoms with Crippen molar-refractivity contribution in [1.29, 1.82) is 0 Å². The van der Waals surface area contributed by atoms with E-state index in [0.29, 0.717) is 6.54 Å². The predicted octanol–water partition coefficient (Wildman–Crippen LogP) is 2.69. The van der Waals surface area contributed by atoms with E-state index in [2.05, 4.69) is 5.32 Å². The minimum absolute atomic E-state index is 0.0145. The number of aliphatic hydroxyl groups is 1. The normalized spacial score (nSPS) is 13.3. The topological polar surface area (TPSA) is 84.6 Å². The maximum Gasteiger partial charge on any atom is 0.310 e. The summed E-state index contributed by atoms with van der Waals surface area (Å²) in [5.41, 5.74) is 1.02. The van der Waals surface area contributed by atoms with E-state index >= 15 is 0 Å². The van der Waals surface area contributed by atoms with Gasteiger partial charge in [-0.25, -0.2) is 0 Å². The van der Waals surface area contributed by atoms with Crippen molar-refractivity contribution >= 4 is 5.69 Å². The van der Waals surface area contributed by atoms with Gasteiger partial charge in [-0.05, 0) is 18.6 Å². The summed E-state index contributed by atoms with van der Waals surface area (Å²) in [6, 6.07) is 16.1. The summed E-state index contributed by atoms with van der Waals surface area (Å²) in [4.78, 5) is 10.4. The minimum Gasteiger partial charge on any atom is -0.484 e. The zero-order valence-electron chi connectivity index (χ0n) is 12.9. The molecular formula is C17H20N2O4. The average Bonchev–Trinajstić information content (AvgIpc) is 2.58. The van der Waals surface area contributed by atoms with Crippen LogP contribution in [-0.2, 0) is 0 Å². The number of aliphatic hydroxyl groups excluding tert-OH is 1. The number of ether oxygens (including phenoxy) is 1. The van der Waals surface area contributed by atoms with Crippen LogP contribution in [0, 0.1) is 10.1 Å². The van der Waals surface area contributed by atoms with Gasteiger partial charge in [-0.3, -0.25) is 10.1 Å². The highest BCUT2D eigenvalue weighted by atomic mass is 16.6. The monoisotopic (exact) mass is 316 g/mol. The van der Waals surface area contributed by atoms with Crippen molar-refractivity contribution in [2.24, 2.45) is 0 Å². The lowest BCUT2D eigenvalue weighted by molar-refractivity contribution is -0.385. The zero-order chi connectivity index (χ0) is 16.7. The van der Waals surface area contributed by atoms with Crippen LogP contribution in [0.5, 0.6) is 5.75 Å². The Labute approximate surface area is 134 Å². The maximum absolute atomic E-state index is 10.9. The van der Waals surface area contributed by atoms with Gasteiger partial charge in [-0.15, -0.1) is 0 Å². The summed E-state index contributed by atoms with van der Waals surface area (Å²) in [5, 5.41) is 24.1. The number of nitrogens with one attached hydrogen (secondary N) is 1. The lowest BCUT2D eigenvalue weighted by Gasteiger charge is -2.18. The van der Waals surface area contributed by atoms with Crippen molar-refractivity contribution in [3.63, 3.8) is 0 Å². The molecule has 0 aliphatic rings. The van der Waals surface area contributed by atoms with E-state index in [1.165, 1.54) is 12.1 Å². The Morgan fingerprint density at radius 2 is 1.83 bits per heavy atom. The fourth-order valence-corrected chi connectivity index (χ4v) is 2.15. The molecule has 0 aromatic heterocycles. The molecule has 2 aromatic carbocycles. The number of benzene rings is 2. The molecule has 0 bridgehead atoms. The molecule has 2 aromatic rings. The van der Waals surface area contributed by atoms with Gasteiger partial charge in [0.2, 0.25) is 0 Å². The molecule has 0 saturated carbocycles. The van der Waals surface area contributed by atoms with Crippen LogP contribution in [0.15, 0.2) is 54.6 Å². The molecule has 1 unspecified atom stereocenters. The third kappa shape index (κ3) is 5.05. The number of hydrogen-bond donors (Lipinski definition) is 2. The van der Waals surface area contributed by atoms with Crippen LogP contribution < -0.4 is 10.1 Å². The lowest BCUT2D eigenvalue weighted by atomic mass is 10.1. The maximum atomic E-state index is 10.9. The summed E-state index contributed by atoms with van der Waals surface area (Å²) in [6.45, 7) is 2.32. The highest BCUT2D eigenvalue weighted by Crippen LogP contribution is 2.25. The van der Waals surface area contributed by atoms with Crippen molar-refractivity contribution in [3.8, 4) is 5.75 Å². The molecular weight excluding hydrogens is 296 g/mol. The smallest absolute Gasteiger partial charge is 0.310 e. The first-order valence-electron chi connectivity index (χ1n) is 7.40. The average molecular weight is 316 g/mol. The third-order valence-corrected chi connectivity index (χ3v) is 3.45. The molecule has 0 heterocycles. The Bertz CT molecular complexity index is 634. The molecule has 6 nitrogen and oxygen atoms in total. The second-order valence-corrected chi connectivity index (χ2v) is 5.23. The van der Waals surface area contributed by atoms with Crippen LogP contribution in [0.2, 0.25) is 0 Å². The number of nitro benzene ring substituents is 1. The van der Waals surface area contributed by atoms with E-state index in [-0.39, 0.29) is 24.1 Å². The first-order valence-corrected chi connectivity index (χ1v) is 7.40. The van der Waals surface area contributed by atoms with Crippen LogP contribution in [0.3, 0.4) is 0 Å². The molecule has 0 aliphatic heterocycles. The van der Waals surface area contributed by atoms with Crippen molar-refractivity contribution in [3.05, 3.63) is 70.3 Å². The standard InChI is InChI=1S/C17H20N2O4/c1-13(14-7-3-2-4-8-14)18-11-15(20)12-23-17-10-6-5-9-16(17)19(21)22/h2-10,13,15,18,20H,11-12H2,1H3/t13-,15?/m1/s1. The van der Waals surface area contributed by atoms with Gasteiger partial charge in [0.15, 0.2) is 5.75 Å². The SMILES string of the molecule is C[C@@H](NCC(O)COc1ccccc1[N+](=O)[O-])c1ccccc1. The molecule has 0 fully saturated rings. The largest absolute Gasteiger partial charge is 0.484 e. The van der Waals surface area contributed by atoms with Crippen molar-refractivity contribution < 1.29 is 14.8 Å². The molecule has 0 radical (unpaired) electrons. The van der Waals surface area contributed by atoms with Gasteiger partial charge in [-0.2, -0.15) is 0 Å². The van der Waals surface area contributed by atoms with Crippen LogP contribution >= 0.6 is 0 Å². The molecule has 0 spiro atoms. The van der Waals surface area contributed by atoms with Crippen LogP contribution in [0.4, 0.5) is 5.69 Å². The zero-order valence-corrected chi connectivity index (χ0v) is 12.9. The van der Waals surface area contributed by atoms with E-state index in [9.17, 15) is 15.2 Å². The fraction of sp³-hybridized carbons (Fsp3) is 0.294. The van der Waals surface area contributed by atoms with E-state index in [0.717, 1.165) is 5.56 Å². The van der Waals surface area contributed by atoms with Gasteiger partial charge in [0.05, 0.1) is 4.92 Å². The number of hydrogen-bond acceptors (Lipinski definition) is 5. The number of para-hydroxylation sites is 2. The Hall–Kier alpha value is -2.44. The molecule has 0 amide bonds. The number of nitrogens with zero attached hydrogens (tertiary/aromatic N) is 1. The van der Waals surface area contributed by atoms with Crippen LogP contribution in [0.25, 0.3) is 0 Å². The molecule has 122 valence electrons. The van der Waals surface area contributed by atoms with E-state index in [4.69, 9.17) is 4.74 Å². The summed E-state index contributed by atoms with van der Waals surface area (Å²) >= 11 is 0.